The molecule has 0 aromatic heterocycles. The van der Waals surface area contributed by atoms with Gasteiger partial charge < -0.3 is 5.11 Å². The molecule has 0 saturated heterocycles. The summed E-state index contributed by atoms with van der Waals surface area (Å²) in [4.78, 5) is 12.8. The molecule has 0 saturated carbocycles. The minimum atomic E-state index is -0.714. The van der Waals surface area contributed by atoms with Crippen LogP contribution in [-0.2, 0) is 4.79 Å². The molecular weight excluding hydrogens is 154 g/mol. The van der Waals surface area contributed by atoms with Crippen molar-refractivity contribution in [3.8, 4) is 0 Å². The maximum atomic E-state index is 10.7. The van der Waals surface area contributed by atoms with E-state index in [0.29, 0.717) is 0 Å². The van der Waals surface area contributed by atoms with Gasteiger partial charge >= 0.3 is 5.97 Å². The van der Waals surface area contributed by atoms with E-state index < -0.39 is 5.97 Å². The molecule has 3 nitrogen and oxygen atoms in total. The Balaban J connectivity index is 2.46. The van der Waals surface area contributed by atoms with Crippen LogP contribution in [0, 0.1) is 5.92 Å². The van der Waals surface area contributed by atoms with E-state index in [4.69, 9.17) is 5.11 Å². The quantitative estimate of drug-likeness (QED) is 0.640. The Bertz CT molecular complexity index is 193. The molecule has 0 aromatic carbocycles. The Morgan fingerprint density at radius 3 is 2.33 bits per heavy atom. The molecule has 1 aliphatic heterocycles. The average Bonchev–Trinajstić information content (AvgIpc) is 2.53. The topological polar surface area (TPSA) is 40.5 Å². The van der Waals surface area contributed by atoms with Gasteiger partial charge in [0.25, 0.3) is 0 Å². The minimum absolute atomic E-state index is 0.123. The lowest BCUT2D eigenvalue weighted by atomic mass is 10.0. The van der Waals surface area contributed by atoms with E-state index in [0.717, 1.165) is 13.1 Å². The predicted octanol–water partition coefficient (Wildman–Crippen LogP) is 0.967. The second-order valence-corrected chi connectivity index (χ2v) is 3.29. The summed E-state index contributed by atoms with van der Waals surface area (Å²) >= 11 is 0. The van der Waals surface area contributed by atoms with E-state index in [-0.39, 0.29) is 12.0 Å². The normalized spacial score (nSPS) is 22.5. The molecule has 0 fully saturated rings. The van der Waals surface area contributed by atoms with Crippen LogP contribution in [0.3, 0.4) is 0 Å². The van der Waals surface area contributed by atoms with E-state index in [2.05, 4.69) is 17.1 Å². The molecule has 68 valence electrons. The van der Waals surface area contributed by atoms with Gasteiger partial charge in [0.2, 0.25) is 0 Å². The van der Waals surface area contributed by atoms with Crippen molar-refractivity contribution in [2.75, 3.05) is 13.1 Å². The third-order valence-electron chi connectivity index (χ3n) is 2.54. The number of carboxylic acid groups (broad SMARTS) is 1. The second-order valence-electron chi connectivity index (χ2n) is 3.29. The van der Waals surface area contributed by atoms with Crippen molar-refractivity contribution < 1.29 is 9.90 Å². The van der Waals surface area contributed by atoms with Gasteiger partial charge in [-0.25, -0.2) is 0 Å². The van der Waals surface area contributed by atoms with Crippen molar-refractivity contribution in [3.05, 3.63) is 12.2 Å². The molecule has 0 amide bonds. The lowest BCUT2D eigenvalue weighted by Gasteiger charge is -2.26. The minimum Gasteiger partial charge on any atom is -0.481 e. The van der Waals surface area contributed by atoms with Gasteiger partial charge in [-0.1, -0.05) is 19.1 Å². The number of hydrogen-bond acceptors (Lipinski definition) is 2. The summed E-state index contributed by atoms with van der Waals surface area (Å²) in [5.41, 5.74) is 0. The van der Waals surface area contributed by atoms with Gasteiger partial charge in [0, 0.05) is 19.1 Å². The summed E-state index contributed by atoms with van der Waals surface area (Å²) in [6, 6.07) is 0.123. The third-order valence-corrected chi connectivity index (χ3v) is 2.54. The van der Waals surface area contributed by atoms with E-state index >= 15 is 0 Å². The van der Waals surface area contributed by atoms with Crippen molar-refractivity contribution in [1.29, 1.82) is 0 Å². The van der Waals surface area contributed by atoms with Gasteiger partial charge in [0.1, 0.15) is 0 Å². The molecule has 1 aliphatic rings. The van der Waals surface area contributed by atoms with Crippen LogP contribution >= 0.6 is 0 Å². The Labute approximate surface area is 72.7 Å². The first-order valence-corrected chi connectivity index (χ1v) is 4.24. The first-order chi connectivity index (χ1) is 5.63. The first-order valence-electron chi connectivity index (χ1n) is 4.24. The molecule has 12 heavy (non-hydrogen) atoms. The number of carbonyl (C=O) groups is 1. The van der Waals surface area contributed by atoms with Crippen LogP contribution < -0.4 is 0 Å². The molecule has 2 atom stereocenters. The number of hydrogen-bond donors (Lipinski definition) is 1. The van der Waals surface area contributed by atoms with Crippen LogP contribution in [0.1, 0.15) is 13.8 Å². The Morgan fingerprint density at radius 2 is 1.92 bits per heavy atom. The van der Waals surface area contributed by atoms with Crippen LogP contribution in [0.2, 0.25) is 0 Å². The summed E-state index contributed by atoms with van der Waals surface area (Å²) in [5.74, 6) is -1.00. The summed E-state index contributed by atoms with van der Waals surface area (Å²) < 4.78 is 0. The van der Waals surface area contributed by atoms with E-state index in [9.17, 15) is 4.79 Å². The van der Waals surface area contributed by atoms with Crippen molar-refractivity contribution in [1.82, 2.24) is 4.90 Å². The van der Waals surface area contributed by atoms with Gasteiger partial charge in [0.15, 0.2) is 0 Å². The maximum absolute atomic E-state index is 10.7. The van der Waals surface area contributed by atoms with Gasteiger partial charge in [0.05, 0.1) is 5.92 Å². The average molecular weight is 169 g/mol. The first kappa shape index (κ1) is 9.26. The van der Waals surface area contributed by atoms with Gasteiger partial charge in [-0.05, 0) is 6.92 Å². The van der Waals surface area contributed by atoms with Crippen LogP contribution in [0.25, 0.3) is 0 Å². The number of nitrogens with zero attached hydrogens (tertiary/aromatic N) is 1. The van der Waals surface area contributed by atoms with E-state index in [1.807, 2.05) is 6.92 Å². The largest absolute Gasteiger partial charge is 0.481 e. The second kappa shape index (κ2) is 3.72. The fourth-order valence-corrected chi connectivity index (χ4v) is 1.35. The van der Waals surface area contributed by atoms with Gasteiger partial charge in [-0.2, -0.15) is 0 Å². The molecule has 0 bridgehead atoms. The highest BCUT2D eigenvalue weighted by atomic mass is 16.4. The van der Waals surface area contributed by atoms with Gasteiger partial charge in [-0.15, -0.1) is 0 Å². The van der Waals surface area contributed by atoms with Crippen LogP contribution in [-0.4, -0.2) is 35.1 Å². The smallest absolute Gasteiger partial charge is 0.307 e. The highest BCUT2D eigenvalue weighted by Crippen LogP contribution is 2.13. The van der Waals surface area contributed by atoms with Crippen molar-refractivity contribution in [2.24, 2.45) is 5.92 Å². The number of rotatable bonds is 3. The lowest BCUT2D eigenvalue weighted by Crippen LogP contribution is -2.38. The Morgan fingerprint density at radius 1 is 1.42 bits per heavy atom. The van der Waals surface area contributed by atoms with E-state index in [1.54, 1.807) is 6.92 Å². The van der Waals surface area contributed by atoms with Crippen LogP contribution in [0.15, 0.2) is 12.2 Å². The van der Waals surface area contributed by atoms with Crippen LogP contribution in [0.5, 0.6) is 0 Å². The van der Waals surface area contributed by atoms with Gasteiger partial charge in [-0.3, -0.25) is 9.69 Å². The lowest BCUT2D eigenvalue weighted by molar-refractivity contribution is -0.143. The van der Waals surface area contributed by atoms with Crippen molar-refractivity contribution in [3.63, 3.8) is 0 Å². The number of aliphatic carboxylic acids is 1. The zero-order valence-electron chi connectivity index (χ0n) is 7.53. The van der Waals surface area contributed by atoms with E-state index in [1.165, 1.54) is 0 Å². The summed E-state index contributed by atoms with van der Waals surface area (Å²) in [6.45, 7) is 5.49. The summed E-state index contributed by atoms with van der Waals surface area (Å²) in [5, 5.41) is 8.77. The monoisotopic (exact) mass is 169 g/mol. The maximum Gasteiger partial charge on any atom is 0.307 e. The zero-order valence-corrected chi connectivity index (χ0v) is 7.53. The highest BCUT2D eigenvalue weighted by Gasteiger charge is 2.25. The zero-order chi connectivity index (χ0) is 9.14. The Kier molecular flexibility index (Phi) is 2.87. The summed E-state index contributed by atoms with van der Waals surface area (Å²) in [7, 11) is 0. The highest BCUT2D eigenvalue weighted by molar-refractivity contribution is 5.70. The molecule has 1 N–H and O–H groups in total. The standard InChI is InChI=1S/C9H15NO2/c1-7(9(11)12)8(2)10-5-3-4-6-10/h3-4,7-8H,5-6H2,1-2H3,(H,11,12). The molecule has 3 heteroatoms. The molecule has 1 rings (SSSR count). The molecule has 0 aliphatic carbocycles. The molecule has 0 radical (unpaired) electrons. The number of carboxylic acids is 1. The fourth-order valence-electron chi connectivity index (χ4n) is 1.35. The SMILES string of the molecule is CC(C(=O)O)C(C)N1CC=CC1. The molecule has 0 spiro atoms. The predicted molar refractivity (Wildman–Crippen MR) is 47.0 cm³/mol. The third kappa shape index (κ3) is 1.85. The summed E-state index contributed by atoms with van der Waals surface area (Å²) in [6.07, 6.45) is 4.15. The molecule has 1 heterocycles. The Hall–Kier alpha value is -0.830. The van der Waals surface area contributed by atoms with Crippen molar-refractivity contribution >= 4 is 5.97 Å². The molecule has 2 unspecified atom stereocenters. The molecule has 0 aromatic rings. The fraction of sp³-hybridized carbons (Fsp3) is 0.667. The molecular formula is C9H15NO2. The van der Waals surface area contributed by atoms with Crippen LogP contribution in [0.4, 0.5) is 0 Å². The van der Waals surface area contributed by atoms with Crippen molar-refractivity contribution in [2.45, 2.75) is 19.9 Å².